The van der Waals surface area contributed by atoms with Crippen molar-refractivity contribution in [2.24, 2.45) is 4.99 Å². The second kappa shape index (κ2) is 4.29. The van der Waals surface area contributed by atoms with E-state index in [4.69, 9.17) is 9.15 Å². The van der Waals surface area contributed by atoms with E-state index in [1.165, 1.54) is 6.26 Å². The van der Waals surface area contributed by atoms with Gasteiger partial charge in [0.05, 0.1) is 6.26 Å². The first-order valence-corrected chi connectivity index (χ1v) is 5.29. The zero-order valence-electron chi connectivity index (χ0n) is 9.24. The maximum Gasteiger partial charge on any atom is 0.363 e. The van der Waals surface area contributed by atoms with Crippen LogP contribution in [0.4, 0.5) is 0 Å². The minimum Gasteiger partial charge on any atom is -0.459 e. The number of hydrogen-bond donors (Lipinski definition) is 0. The van der Waals surface area contributed by atoms with Gasteiger partial charge in [0.1, 0.15) is 0 Å². The number of hydrogen-bond acceptors (Lipinski definition) is 5. The third kappa shape index (κ3) is 1.93. The molecule has 1 aliphatic heterocycles. The Labute approximate surface area is 102 Å². The number of ether oxygens (including phenoxy) is 1. The Hall–Kier alpha value is -2.69. The third-order valence-electron chi connectivity index (χ3n) is 2.34. The molecule has 0 saturated heterocycles. The molecule has 0 N–H and O–H groups in total. The Morgan fingerprint density at radius 3 is 2.89 bits per heavy atom. The summed E-state index contributed by atoms with van der Waals surface area (Å²) < 4.78 is 10.1. The van der Waals surface area contributed by atoms with E-state index in [0.29, 0.717) is 5.76 Å². The number of rotatable bonds is 2. The van der Waals surface area contributed by atoms with Gasteiger partial charge >= 0.3 is 5.97 Å². The number of pyridine rings is 1. The molecule has 0 atom stereocenters. The van der Waals surface area contributed by atoms with Gasteiger partial charge in [-0.3, -0.25) is 4.98 Å². The maximum atomic E-state index is 11.6. The highest BCUT2D eigenvalue weighted by atomic mass is 16.6. The minimum absolute atomic E-state index is 0.181. The number of furan rings is 1. The highest BCUT2D eigenvalue weighted by Crippen LogP contribution is 2.18. The first-order chi connectivity index (χ1) is 8.83. The maximum absolute atomic E-state index is 11.6. The summed E-state index contributed by atoms with van der Waals surface area (Å²) in [5, 5.41) is 0. The van der Waals surface area contributed by atoms with Crippen molar-refractivity contribution >= 4 is 17.9 Å². The average Bonchev–Trinajstić information content (AvgIpc) is 3.01. The fourth-order valence-corrected chi connectivity index (χ4v) is 1.53. The van der Waals surface area contributed by atoms with Crippen LogP contribution in [0.3, 0.4) is 0 Å². The van der Waals surface area contributed by atoms with E-state index in [0.717, 1.165) is 5.56 Å². The van der Waals surface area contributed by atoms with E-state index >= 15 is 0 Å². The van der Waals surface area contributed by atoms with Gasteiger partial charge in [0, 0.05) is 12.4 Å². The molecule has 3 heterocycles. The summed E-state index contributed by atoms with van der Waals surface area (Å²) in [5.41, 5.74) is 1.02. The van der Waals surface area contributed by atoms with Crippen LogP contribution in [0, 0.1) is 0 Å². The monoisotopic (exact) mass is 240 g/mol. The van der Waals surface area contributed by atoms with E-state index in [1.54, 1.807) is 36.7 Å². The number of carbonyl (C=O) groups excluding carboxylic acids is 1. The summed E-state index contributed by atoms with van der Waals surface area (Å²) in [6.07, 6.45) is 6.41. The highest BCUT2D eigenvalue weighted by Gasteiger charge is 2.25. The molecule has 0 radical (unpaired) electrons. The van der Waals surface area contributed by atoms with Crippen LogP contribution >= 0.6 is 0 Å². The summed E-state index contributed by atoms with van der Waals surface area (Å²) in [4.78, 5) is 19.7. The quantitative estimate of drug-likeness (QED) is 0.595. The Morgan fingerprint density at radius 2 is 2.17 bits per heavy atom. The molecule has 0 amide bonds. The van der Waals surface area contributed by atoms with Crippen LogP contribution < -0.4 is 0 Å². The van der Waals surface area contributed by atoms with Crippen LogP contribution in [0.25, 0.3) is 6.08 Å². The van der Waals surface area contributed by atoms with Gasteiger partial charge in [0.15, 0.2) is 11.5 Å². The van der Waals surface area contributed by atoms with E-state index in [1.807, 2.05) is 6.07 Å². The molecule has 0 aliphatic carbocycles. The first kappa shape index (κ1) is 10.5. The number of esters is 1. The van der Waals surface area contributed by atoms with Gasteiger partial charge in [-0.15, -0.1) is 0 Å². The standard InChI is InChI=1S/C13H8N2O3/c16-13-10(7-9-3-1-5-14-8-9)15-12(18-13)11-4-2-6-17-11/h1-8H. The summed E-state index contributed by atoms with van der Waals surface area (Å²) >= 11 is 0. The summed E-state index contributed by atoms with van der Waals surface area (Å²) in [6.45, 7) is 0. The molecule has 88 valence electrons. The van der Waals surface area contributed by atoms with Gasteiger partial charge in [0.2, 0.25) is 0 Å². The van der Waals surface area contributed by atoms with Crippen LogP contribution in [0.1, 0.15) is 11.3 Å². The van der Waals surface area contributed by atoms with Crippen molar-refractivity contribution in [1.82, 2.24) is 4.98 Å². The Kier molecular flexibility index (Phi) is 2.49. The van der Waals surface area contributed by atoms with E-state index in [-0.39, 0.29) is 11.6 Å². The lowest BCUT2D eigenvalue weighted by Gasteiger charge is -1.92. The fourth-order valence-electron chi connectivity index (χ4n) is 1.53. The zero-order valence-corrected chi connectivity index (χ0v) is 9.24. The second-order valence-electron chi connectivity index (χ2n) is 3.60. The lowest BCUT2D eigenvalue weighted by molar-refractivity contribution is -0.130. The summed E-state index contributed by atoms with van der Waals surface area (Å²) in [6, 6.07) is 6.99. The van der Waals surface area contributed by atoms with Crippen molar-refractivity contribution < 1.29 is 13.9 Å². The van der Waals surface area contributed by atoms with Gasteiger partial charge in [-0.2, -0.15) is 0 Å². The number of cyclic esters (lactones) is 1. The fraction of sp³-hybridized carbons (Fsp3) is 0. The molecule has 0 spiro atoms. The smallest absolute Gasteiger partial charge is 0.363 e. The van der Waals surface area contributed by atoms with Crippen molar-refractivity contribution in [1.29, 1.82) is 0 Å². The number of nitrogens with zero attached hydrogens (tertiary/aromatic N) is 2. The van der Waals surface area contributed by atoms with Crippen molar-refractivity contribution in [3.63, 3.8) is 0 Å². The van der Waals surface area contributed by atoms with Crippen molar-refractivity contribution in [3.05, 3.63) is 59.9 Å². The van der Waals surface area contributed by atoms with Crippen LogP contribution in [0.15, 0.2) is 58.0 Å². The highest BCUT2D eigenvalue weighted by molar-refractivity contribution is 6.11. The molecule has 0 saturated carbocycles. The van der Waals surface area contributed by atoms with Gasteiger partial charge < -0.3 is 9.15 Å². The Balaban J connectivity index is 1.94. The molecule has 2 aromatic heterocycles. The molecular weight excluding hydrogens is 232 g/mol. The summed E-state index contributed by atoms with van der Waals surface area (Å²) in [5.74, 6) is 0.114. The van der Waals surface area contributed by atoms with E-state index < -0.39 is 5.97 Å². The molecule has 2 aromatic rings. The van der Waals surface area contributed by atoms with Crippen LogP contribution in [0.5, 0.6) is 0 Å². The van der Waals surface area contributed by atoms with Crippen molar-refractivity contribution in [2.75, 3.05) is 0 Å². The van der Waals surface area contributed by atoms with Gasteiger partial charge in [0.25, 0.3) is 5.90 Å². The molecule has 3 rings (SSSR count). The number of carbonyl (C=O) groups is 1. The Morgan fingerprint density at radius 1 is 1.22 bits per heavy atom. The SMILES string of the molecule is O=C1OC(c2ccco2)=NC1=Cc1cccnc1. The Bertz CT molecular complexity index is 628. The minimum atomic E-state index is -0.495. The molecule has 0 aromatic carbocycles. The van der Waals surface area contributed by atoms with Crippen molar-refractivity contribution in [3.8, 4) is 0 Å². The molecule has 5 heteroatoms. The number of aromatic nitrogens is 1. The molecular formula is C13H8N2O3. The lowest BCUT2D eigenvalue weighted by atomic mass is 10.2. The van der Waals surface area contributed by atoms with Gasteiger partial charge in [-0.1, -0.05) is 6.07 Å². The van der Waals surface area contributed by atoms with E-state index in [2.05, 4.69) is 9.98 Å². The predicted molar refractivity (Wildman–Crippen MR) is 63.6 cm³/mol. The first-order valence-electron chi connectivity index (χ1n) is 5.29. The second-order valence-corrected chi connectivity index (χ2v) is 3.60. The van der Waals surface area contributed by atoms with Crippen molar-refractivity contribution in [2.45, 2.75) is 0 Å². The van der Waals surface area contributed by atoms with Crippen LogP contribution in [0.2, 0.25) is 0 Å². The van der Waals surface area contributed by atoms with Gasteiger partial charge in [-0.25, -0.2) is 9.79 Å². The largest absolute Gasteiger partial charge is 0.459 e. The molecule has 0 unspecified atom stereocenters. The molecule has 0 fully saturated rings. The van der Waals surface area contributed by atoms with E-state index in [9.17, 15) is 4.79 Å². The normalized spacial score (nSPS) is 16.8. The predicted octanol–water partition coefficient (Wildman–Crippen LogP) is 2.02. The van der Waals surface area contributed by atoms with Crippen LogP contribution in [-0.2, 0) is 9.53 Å². The molecule has 0 bridgehead atoms. The molecule has 18 heavy (non-hydrogen) atoms. The van der Waals surface area contributed by atoms with Gasteiger partial charge in [-0.05, 0) is 29.8 Å². The van der Waals surface area contributed by atoms with Crippen LogP contribution in [-0.4, -0.2) is 16.9 Å². The third-order valence-corrected chi connectivity index (χ3v) is 2.34. The zero-order chi connectivity index (χ0) is 12.4. The molecule has 1 aliphatic rings. The average molecular weight is 240 g/mol. The lowest BCUT2D eigenvalue weighted by Crippen LogP contribution is -2.04. The summed E-state index contributed by atoms with van der Waals surface area (Å²) in [7, 11) is 0. The topological polar surface area (TPSA) is 64.7 Å². The number of aliphatic imine (C=N–C) groups is 1. The molecule has 5 nitrogen and oxygen atoms in total.